The van der Waals surface area contributed by atoms with Gasteiger partial charge >= 0.3 is 0 Å². The molecule has 3 rings (SSSR count). The van der Waals surface area contributed by atoms with Crippen LogP contribution in [0.3, 0.4) is 0 Å². The van der Waals surface area contributed by atoms with Gasteiger partial charge in [0.15, 0.2) is 17.3 Å². The van der Waals surface area contributed by atoms with Crippen molar-refractivity contribution in [3.8, 4) is 17.2 Å². The van der Waals surface area contributed by atoms with Crippen molar-refractivity contribution < 1.29 is 14.2 Å². The molecule has 1 aromatic heterocycles. The molecule has 0 saturated carbocycles. The lowest BCUT2D eigenvalue weighted by atomic mass is 10.2. The van der Waals surface area contributed by atoms with Crippen LogP contribution < -0.4 is 24.8 Å². The predicted octanol–water partition coefficient (Wildman–Crippen LogP) is 3.56. The summed E-state index contributed by atoms with van der Waals surface area (Å²) in [6, 6.07) is 11.6. The molecular weight excluding hydrogens is 358 g/mol. The second-order valence-electron chi connectivity index (χ2n) is 6.04. The minimum absolute atomic E-state index is 0.376. The minimum Gasteiger partial charge on any atom is -0.495 e. The van der Waals surface area contributed by atoms with Gasteiger partial charge in [-0.15, -0.1) is 5.10 Å². The Kier molecular flexibility index (Phi) is 6.11. The van der Waals surface area contributed by atoms with Crippen molar-refractivity contribution in [3.63, 3.8) is 0 Å². The molecule has 146 valence electrons. The molecule has 3 aromatic rings. The van der Waals surface area contributed by atoms with Crippen molar-refractivity contribution in [2.24, 2.45) is 0 Å². The second-order valence-corrected chi connectivity index (χ2v) is 6.04. The molecule has 0 radical (unpaired) electrons. The normalized spacial score (nSPS) is 10.3. The van der Waals surface area contributed by atoms with Gasteiger partial charge in [0, 0.05) is 6.54 Å². The number of benzene rings is 2. The van der Waals surface area contributed by atoms with Gasteiger partial charge in [-0.05, 0) is 42.3 Å². The van der Waals surface area contributed by atoms with Crippen LogP contribution in [-0.4, -0.2) is 36.5 Å². The third-order valence-electron chi connectivity index (χ3n) is 4.08. The highest BCUT2D eigenvalue weighted by molar-refractivity contribution is 5.64. The zero-order chi connectivity index (χ0) is 19.9. The summed E-state index contributed by atoms with van der Waals surface area (Å²) in [5, 5.41) is 14.4. The molecule has 2 N–H and O–H groups in total. The number of nitrogens with one attached hydrogen (secondary N) is 2. The Morgan fingerprint density at radius 1 is 0.893 bits per heavy atom. The molecule has 28 heavy (non-hydrogen) atoms. The first-order chi connectivity index (χ1) is 13.6. The molecule has 0 aliphatic rings. The molecule has 0 unspecified atom stereocenters. The van der Waals surface area contributed by atoms with E-state index in [4.69, 9.17) is 14.2 Å². The fourth-order valence-corrected chi connectivity index (χ4v) is 2.66. The highest BCUT2D eigenvalue weighted by Crippen LogP contribution is 2.28. The number of hydrogen-bond donors (Lipinski definition) is 2. The van der Waals surface area contributed by atoms with Gasteiger partial charge in [0.1, 0.15) is 5.75 Å². The molecule has 8 heteroatoms. The zero-order valence-electron chi connectivity index (χ0n) is 16.3. The van der Waals surface area contributed by atoms with E-state index in [-0.39, 0.29) is 0 Å². The molecule has 2 aromatic carbocycles. The quantitative estimate of drug-likeness (QED) is 0.612. The van der Waals surface area contributed by atoms with Crippen LogP contribution in [0.4, 0.5) is 17.5 Å². The fraction of sp³-hybridized carbons (Fsp3) is 0.250. The van der Waals surface area contributed by atoms with E-state index in [1.165, 1.54) is 0 Å². The second kappa shape index (κ2) is 8.90. The third kappa shape index (κ3) is 4.59. The number of ether oxygens (including phenoxy) is 3. The van der Waals surface area contributed by atoms with E-state index in [0.29, 0.717) is 35.6 Å². The number of aromatic nitrogens is 3. The highest BCUT2D eigenvalue weighted by atomic mass is 16.5. The Morgan fingerprint density at radius 3 is 2.39 bits per heavy atom. The smallest absolute Gasteiger partial charge is 0.249 e. The minimum atomic E-state index is 0.376. The topological polar surface area (TPSA) is 90.4 Å². The number of anilines is 3. The first kappa shape index (κ1) is 19.2. The summed E-state index contributed by atoms with van der Waals surface area (Å²) in [5.74, 6) is 3.04. The summed E-state index contributed by atoms with van der Waals surface area (Å²) in [7, 11) is 4.84. The molecule has 0 amide bonds. The van der Waals surface area contributed by atoms with Crippen LogP contribution in [0, 0.1) is 6.92 Å². The summed E-state index contributed by atoms with van der Waals surface area (Å²) >= 11 is 0. The van der Waals surface area contributed by atoms with Crippen LogP contribution in [0.2, 0.25) is 0 Å². The van der Waals surface area contributed by atoms with Gasteiger partial charge in [-0.3, -0.25) is 0 Å². The molecule has 0 saturated heterocycles. The van der Waals surface area contributed by atoms with Crippen LogP contribution in [0.1, 0.15) is 11.1 Å². The summed E-state index contributed by atoms with van der Waals surface area (Å²) in [6.45, 7) is 2.55. The maximum Gasteiger partial charge on any atom is 0.249 e. The molecule has 0 aliphatic heterocycles. The number of methoxy groups -OCH3 is 3. The Balaban J connectivity index is 1.71. The zero-order valence-corrected chi connectivity index (χ0v) is 16.3. The summed E-state index contributed by atoms with van der Waals surface area (Å²) < 4.78 is 16.0. The van der Waals surface area contributed by atoms with Crippen molar-refractivity contribution >= 4 is 17.5 Å². The van der Waals surface area contributed by atoms with Crippen LogP contribution in [0.25, 0.3) is 0 Å². The van der Waals surface area contributed by atoms with Gasteiger partial charge in [-0.25, -0.2) is 0 Å². The molecule has 0 atom stereocenters. The summed E-state index contributed by atoms with van der Waals surface area (Å²) in [4.78, 5) is 4.46. The van der Waals surface area contributed by atoms with Crippen molar-refractivity contribution in [2.75, 3.05) is 32.0 Å². The monoisotopic (exact) mass is 381 g/mol. The maximum atomic E-state index is 5.37. The average molecular weight is 381 g/mol. The van der Waals surface area contributed by atoms with Gasteiger partial charge < -0.3 is 24.8 Å². The van der Waals surface area contributed by atoms with Gasteiger partial charge in [0.05, 0.1) is 33.2 Å². The van der Waals surface area contributed by atoms with Crippen molar-refractivity contribution in [2.45, 2.75) is 13.5 Å². The SMILES string of the molecule is COc1ccc(C)cc1Nc1nncc(NCc2ccc(OC)c(OC)c2)n1. The Bertz CT molecular complexity index is 949. The van der Waals surface area contributed by atoms with Gasteiger partial charge in [0.25, 0.3) is 0 Å². The Morgan fingerprint density at radius 2 is 1.64 bits per heavy atom. The van der Waals surface area contributed by atoms with Crippen molar-refractivity contribution in [1.29, 1.82) is 0 Å². The van der Waals surface area contributed by atoms with E-state index >= 15 is 0 Å². The van der Waals surface area contributed by atoms with E-state index in [2.05, 4.69) is 25.8 Å². The van der Waals surface area contributed by atoms with E-state index in [0.717, 1.165) is 16.8 Å². The fourth-order valence-electron chi connectivity index (χ4n) is 2.66. The number of hydrogen-bond acceptors (Lipinski definition) is 8. The van der Waals surface area contributed by atoms with Crippen molar-refractivity contribution in [3.05, 3.63) is 53.7 Å². The van der Waals surface area contributed by atoms with E-state index in [1.54, 1.807) is 27.5 Å². The number of nitrogens with zero attached hydrogens (tertiary/aromatic N) is 3. The van der Waals surface area contributed by atoms with Gasteiger partial charge in [0.2, 0.25) is 5.95 Å². The largest absolute Gasteiger partial charge is 0.495 e. The lowest BCUT2D eigenvalue weighted by Crippen LogP contribution is -2.06. The van der Waals surface area contributed by atoms with E-state index < -0.39 is 0 Å². The van der Waals surface area contributed by atoms with Crippen LogP contribution in [0.5, 0.6) is 17.2 Å². The van der Waals surface area contributed by atoms with Crippen LogP contribution >= 0.6 is 0 Å². The van der Waals surface area contributed by atoms with E-state index in [1.807, 2.05) is 43.3 Å². The number of rotatable bonds is 8. The molecule has 0 aliphatic carbocycles. The lowest BCUT2D eigenvalue weighted by molar-refractivity contribution is 0.354. The standard InChI is InChI=1S/C20H23N5O3/c1-13-5-7-16(26-2)15(9-13)23-20-24-19(12-22-25-20)21-11-14-6-8-17(27-3)18(10-14)28-4/h5-10,12H,11H2,1-4H3,(H2,21,23,24,25). The molecule has 0 bridgehead atoms. The van der Waals surface area contributed by atoms with Crippen LogP contribution in [0.15, 0.2) is 42.6 Å². The Hall–Kier alpha value is -3.55. The maximum absolute atomic E-state index is 5.37. The van der Waals surface area contributed by atoms with Gasteiger partial charge in [-0.2, -0.15) is 10.1 Å². The Labute approximate surface area is 163 Å². The average Bonchev–Trinajstić information content (AvgIpc) is 2.72. The number of aryl methyl sites for hydroxylation is 1. The van der Waals surface area contributed by atoms with Crippen LogP contribution in [-0.2, 0) is 6.54 Å². The molecular formula is C20H23N5O3. The predicted molar refractivity (Wildman–Crippen MR) is 108 cm³/mol. The molecule has 0 fully saturated rings. The third-order valence-corrected chi connectivity index (χ3v) is 4.08. The highest BCUT2D eigenvalue weighted by Gasteiger charge is 2.08. The first-order valence-corrected chi connectivity index (χ1v) is 8.69. The van der Waals surface area contributed by atoms with Gasteiger partial charge in [-0.1, -0.05) is 12.1 Å². The summed E-state index contributed by atoms with van der Waals surface area (Å²) in [5.41, 5.74) is 2.89. The molecule has 8 nitrogen and oxygen atoms in total. The molecule has 1 heterocycles. The lowest BCUT2D eigenvalue weighted by Gasteiger charge is -2.12. The van der Waals surface area contributed by atoms with Crippen molar-refractivity contribution in [1.82, 2.24) is 15.2 Å². The molecule has 0 spiro atoms. The summed E-state index contributed by atoms with van der Waals surface area (Å²) in [6.07, 6.45) is 1.57. The first-order valence-electron chi connectivity index (χ1n) is 8.69. The van der Waals surface area contributed by atoms with E-state index in [9.17, 15) is 0 Å².